The summed E-state index contributed by atoms with van der Waals surface area (Å²) < 4.78 is 5.96. The maximum Gasteiger partial charge on any atom is 0.127 e. The summed E-state index contributed by atoms with van der Waals surface area (Å²) in [5.74, 6) is 1.79. The van der Waals surface area contributed by atoms with Crippen molar-refractivity contribution in [3.8, 4) is 11.5 Å². The Bertz CT molecular complexity index is 795. The van der Waals surface area contributed by atoms with Gasteiger partial charge in [0.25, 0.3) is 0 Å². The maximum atomic E-state index is 5.96. The molecule has 0 saturated heterocycles. The van der Waals surface area contributed by atoms with Gasteiger partial charge >= 0.3 is 0 Å². The number of para-hydroxylation sites is 1. The van der Waals surface area contributed by atoms with Crippen LogP contribution in [0.4, 0.5) is 0 Å². The first-order chi connectivity index (χ1) is 12.7. The summed E-state index contributed by atoms with van der Waals surface area (Å²) >= 11 is 0. The van der Waals surface area contributed by atoms with Crippen LogP contribution in [0.5, 0.6) is 11.5 Å². The lowest BCUT2D eigenvalue weighted by Crippen LogP contribution is -2.20. The van der Waals surface area contributed by atoms with Gasteiger partial charge in [-0.15, -0.1) is 0 Å². The smallest absolute Gasteiger partial charge is 0.127 e. The molecule has 0 aromatic heterocycles. The Hall–Kier alpha value is -2.54. The van der Waals surface area contributed by atoms with Gasteiger partial charge in [0.2, 0.25) is 0 Å². The molecule has 0 heterocycles. The second kappa shape index (κ2) is 8.71. The van der Waals surface area contributed by atoms with Crippen molar-refractivity contribution in [2.24, 2.45) is 0 Å². The van der Waals surface area contributed by atoms with Gasteiger partial charge in [-0.2, -0.15) is 0 Å². The molecule has 26 heavy (non-hydrogen) atoms. The highest BCUT2D eigenvalue weighted by Crippen LogP contribution is 2.33. The molecule has 0 aliphatic carbocycles. The lowest BCUT2D eigenvalue weighted by molar-refractivity contribution is 0.405. The van der Waals surface area contributed by atoms with Crippen molar-refractivity contribution in [1.29, 1.82) is 0 Å². The van der Waals surface area contributed by atoms with Crippen LogP contribution in [0.15, 0.2) is 84.9 Å². The van der Waals surface area contributed by atoms with Gasteiger partial charge in [-0.1, -0.05) is 74.5 Å². The van der Waals surface area contributed by atoms with Crippen LogP contribution in [-0.2, 0) is 11.8 Å². The minimum atomic E-state index is 0.249. The third-order valence-electron chi connectivity index (χ3n) is 5.32. The van der Waals surface area contributed by atoms with Crippen LogP contribution in [0.2, 0.25) is 0 Å². The fraction of sp³-hybridized carbons (Fsp3) is 0.280. The summed E-state index contributed by atoms with van der Waals surface area (Å²) in [6.45, 7) is 4.68. The van der Waals surface area contributed by atoms with Gasteiger partial charge in [-0.25, -0.2) is 0 Å². The molecule has 0 amide bonds. The van der Waals surface area contributed by atoms with Crippen molar-refractivity contribution >= 4 is 0 Å². The molecule has 3 rings (SSSR count). The van der Waals surface area contributed by atoms with Crippen molar-refractivity contribution in [2.45, 2.75) is 44.9 Å². The molecule has 0 spiro atoms. The lowest BCUT2D eigenvalue weighted by Gasteiger charge is -2.29. The zero-order valence-electron chi connectivity index (χ0n) is 15.8. The Morgan fingerprint density at radius 2 is 1.42 bits per heavy atom. The van der Waals surface area contributed by atoms with Crippen molar-refractivity contribution in [3.05, 3.63) is 96.1 Å². The fourth-order valence-electron chi connectivity index (χ4n) is 3.44. The van der Waals surface area contributed by atoms with E-state index in [1.165, 1.54) is 24.0 Å². The van der Waals surface area contributed by atoms with Crippen molar-refractivity contribution in [2.75, 3.05) is 0 Å². The second-order valence-electron chi connectivity index (χ2n) is 7.20. The zero-order valence-corrected chi connectivity index (χ0v) is 15.8. The van der Waals surface area contributed by atoms with E-state index in [1.54, 1.807) is 0 Å². The van der Waals surface area contributed by atoms with Crippen LogP contribution >= 0.6 is 0 Å². The first kappa shape index (κ1) is 18.3. The average molecular weight is 344 g/mol. The number of hydrogen-bond acceptors (Lipinski definition) is 1. The van der Waals surface area contributed by atoms with E-state index in [2.05, 4.69) is 62.4 Å². The topological polar surface area (TPSA) is 9.23 Å². The summed E-state index contributed by atoms with van der Waals surface area (Å²) in [7, 11) is 0. The van der Waals surface area contributed by atoms with E-state index in [9.17, 15) is 0 Å². The van der Waals surface area contributed by atoms with E-state index in [-0.39, 0.29) is 5.41 Å². The van der Waals surface area contributed by atoms with E-state index in [0.717, 1.165) is 24.3 Å². The summed E-state index contributed by atoms with van der Waals surface area (Å²) in [4.78, 5) is 0. The van der Waals surface area contributed by atoms with E-state index in [4.69, 9.17) is 4.74 Å². The molecule has 0 N–H and O–H groups in total. The van der Waals surface area contributed by atoms with Crippen LogP contribution in [-0.4, -0.2) is 0 Å². The number of aryl methyl sites for hydroxylation is 1. The second-order valence-corrected chi connectivity index (χ2v) is 7.20. The molecule has 134 valence electrons. The molecule has 3 aromatic carbocycles. The largest absolute Gasteiger partial charge is 0.457 e. The maximum absolute atomic E-state index is 5.96. The van der Waals surface area contributed by atoms with Gasteiger partial charge in [-0.3, -0.25) is 0 Å². The number of ether oxygens (including phenoxy) is 1. The van der Waals surface area contributed by atoms with E-state index >= 15 is 0 Å². The summed E-state index contributed by atoms with van der Waals surface area (Å²) in [5, 5.41) is 0. The molecular weight excluding hydrogens is 316 g/mol. The van der Waals surface area contributed by atoms with Crippen LogP contribution in [0.1, 0.15) is 44.2 Å². The van der Waals surface area contributed by atoms with Crippen LogP contribution in [0, 0.1) is 0 Å². The molecular formula is C25H28O. The van der Waals surface area contributed by atoms with Gasteiger partial charge in [0.15, 0.2) is 0 Å². The molecule has 1 heteroatoms. The van der Waals surface area contributed by atoms with Gasteiger partial charge in [0, 0.05) is 0 Å². The number of hydrogen-bond donors (Lipinski definition) is 0. The normalized spacial score (nSPS) is 13.2. The predicted octanol–water partition coefficient (Wildman–Crippen LogP) is 7.17. The minimum absolute atomic E-state index is 0.249. The molecule has 1 atom stereocenters. The highest BCUT2D eigenvalue weighted by atomic mass is 16.5. The predicted molar refractivity (Wildman–Crippen MR) is 110 cm³/mol. The standard InChI is InChI=1S/C25H28O/c1-3-25(2,22-14-6-4-7-15-22)19-11-13-21-12-10-18-24(20-21)26-23-16-8-5-9-17-23/h4-10,12,14-18,20H,3,11,13,19H2,1-2H3. The van der Waals surface area contributed by atoms with Crippen molar-refractivity contribution in [3.63, 3.8) is 0 Å². The Balaban J connectivity index is 1.60. The molecule has 1 unspecified atom stereocenters. The SMILES string of the molecule is CCC(C)(CCCc1cccc(Oc2ccccc2)c1)c1ccccc1. The molecule has 0 aliphatic heterocycles. The average Bonchev–Trinajstić information content (AvgIpc) is 2.69. The minimum Gasteiger partial charge on any atom is -0.457 e. The highest BCUT2D eigenvalue weighted by molar-refractivity contribution is 5.34. The third kappa shape index (κ3) is 4.76. The molecule has 1 nitrogen and oxygen atoms in total. The van der Waals surface area contributed by atoms with Crippen molar-refractivity contribution < 1.29 is 4.74 Å². The monoisotopic (exact) mass is 344 g/mol. The highest BCUT2D eigenvalue weighted by Gasteiger charge is 2.23. The molecule has 3 aromatic rings. The summed E-state index contributed by atoms with van der Waals surface area (Å²) in [5.41, 5.74) is 3.04. The molecule has 0 bridgehead atoms. The Morgan fingerprint density at radius 1 is 0.769 bits per heavy atom. The fourth-order valence-corrected chi connectivity index (χ4v) is 3.44. The van der Waals surface area contributed by atoms with Crippen LogP contribution in [0.25, 0.3) is 0 Å². The molecule has 0 saturated carbocycles. The van der Waals surface area contributed by atoms with E-state index in [1.807, 2.05) is 36.4 Å². The quantitative estimate of drug-likeness (QED) is 0.421. The first-order valence-corrected chi connectivity index (χ1v) is 9.57. The third-order valence-corrected chi connectivity index (χ3v) is 5.32. The Kier molecular flexibility index (Phi) is 6.12. The number of benzene rings is 3. The number of rotatable bonds is 8. The lowest BCUT2D eigenvalue weighted by atomic mass is 9.76. The first-order valence-electron chi connectivity index (χ1n) is 9.57. The summed E-state index contributed by atoms with van der Waals surface area (Å²) in [6.07, 6.45) is 4.61. The molecule has 0 fully saturated rings. The zero-order chi connectivity index (χ0) is 18.2. The van der Waals surface area contributed by atoms with Gasteiger partial charge in [-0.05, 0) is 66.5 Å². The van der Waals surface area contributed by atoms with Gasteiger partial charge in [0.1, 0.15) is 11.5 Å². The summed E-state index contributed by atoms with van der Waals surface area (Å²) in [6, 6.07) is 29.3. The van der Waals surface area contributed by atoms with Gasteiger partial charge in [0.05, 0.1) is 0 Å². The van der Waals surface area contributed by atoms with Crippen LogP contribution < -0.4 is 4.74 Å². The Labute approximate surface area is 157 Å². The van der Waals surface area contributed by atoms with E-state index in [0.29, 0.717) is 0 Å². The van der Waals surface area contributed by atoms with Gasteiger partial charge < -0.3 is 4.74 Å². The van der Waals surface area contributed by atoms with Crippen molar-refractivity contribution in [1.82, 2.24) is 0 Å². The molecule has 0 aliphatic rings. The van der Waals surface area contributed by atoms with E-state index < -0.39 is 0 Å². The Morgan fingerprint density at radius 3 is 2.12 bits per heavy atom. The molecule has 0 radical (unpaired) electrons. The van der Waals surface area contributed by atoms with Crippen LogP contribution in [0.3, 0.4) is 0 Å².